The first-order valence-corrected chi connectivity index (χ1v) is 8.90. The number of nitriles is 1. The number of hydrogen-bond donors (Lipinski definition) is 2. The van der Waals surface area contributed by atoms with Crippen LogP contribution in [0.5, 0.6) is 11.5 Å². The third kappa shape index (κ3) is 5.43. The molecule has 28 heavy (non-hydrogen) atoms. The molecule has 0 saturated carbocycles. The molecule has 0 spiro atoms. The van der Waals surface area contributed by atoms with Gasteiger partial charge in [0.1, 0.15) is 24.1 Å². The summed E-state index contributed by atoms with van der Waals surface area (Å²) in [7, 11) is 1.43. The molecule has 0 fully saturated rings. The van der Waals surface area contributed by atoms with E-state index in [1.165, 1.54) is 19.3 Å². The van der Waals surface area contributed by atoms with Crippen molar-refractivity contribution in [2.24, 2.45) is 5.73 Å². The van der Waals surface area contributed by atoms with Crippen molar-refractivity contribution in [3.05, 3.63) is 62.5 Å². The zero-order chi connectivity index (χ0) is 20.7. The maximum absolute atomic E-state index is 13.8. The van der Waals surface area contributed by atoms with E-state index in [-0.39, 0.29) is 18.0 Å². The normalized spacial score (nSPS) is 10.7. The van der Waals surface area contributed by atoms with Crippen molar-refractivity contribution in [3.8, 4) is 17.6 Å². The van der Waals surface area contributed by atoms with Crippen LogP contribution in [0.15, 0.2) is 42.0 Å². The summed E-state index contributed by atoms with van der Waals surface area (Å²) in [4.78, 5) is 22.6. The van der Waals surface area contributed by atoms with Gasteiger partial charge in [0.25, 0.3) is 5.91 Å². The third-order valence-corrected chi connectivity index (χ3v) is 4.30. The number of methoxy groups -OCH3 is 1. The van der Waals surface area contributed by atoms with Gasteiger partial charge in [-0.1, -0.05) is 18.2 Å². The SMILES string of the molecule is COc1cc(/C=C(/C#N)C(=O)NC(N)=O)cc(I)c1OCc1ccccc1F. The number of benzene rings is 2. The molecule has 0 bridgehead atoms. The Balaban J connectivity index is 2.31. The minimum absolute atomic E-state index is 0.00131. The van der Waals surface area contributed by atoms with Crippen LogP contribution in [-0.2, 0) is 11.4 Å². The standard InChI is InChI=1S/C19H15FIN3O4/c1-27-16-8-11(6-13(9-22)18(25)24-19(23)26)7-15(21)17(16)28-10-12-4-2-3-5-14(12)20/h2-8H,10H2,1H3,(H3,23,24,25,26)/b13-6-. The van der Waals surface area contributed by atoms with Crippen LogP contribution in [0.25, 0.3) is 6.08 Å². The lowest BCUT2D eigenvalue weighted by Crippen LogP contribution is -2.35. The number of hydrogen-bond acceptors (Lipinski definition) is 5. The number of urea groups is 1. The van der Waals surface area contributed by atoms with E-state index in [0.717, 1.165) is 0 Å². The monoisotopic (exact) mass is 495 g/mol. The Morgan fingerprint density at radius 3 is 2.68 bits per heavy atom. The molecule has 144 valence electrons. The van der Waals surface area contributed by atoms with Gasteiger partial charge in [0.05, 0.1) is 10.7 Å². The third-order valence-electron chi connectivity index (χ3n) is 3.49. The first kappa shape index (κ1) is 21.2. The highest BCUT2D eigenvalue weighted by molar-refractivity contribution is 14.1. The summed E-state index contributed by atoms with van der Waals surface area (Å²) in [5.41, 5.74) is 5.44. The summed E-state index contributed by atoms with van der Waals surface area (Å²) in [5.74, 6) is -0.565. The maximum Gasteiger partial charge on any atom is 0.319 e. The van der Waals surface area contributed by atoms with Crippen molar-refractivity contribution < 1.29 is 23.5 Å². The predicted octanol–water partition coefficient (Wildman–Crippen LogP) is 3.12. The van der Waals surface area contributed by atoms with E-state index in [2.05, 4.69) is 0 Å². The molecule has 2 rings (SSSR count). The molecule has 3 N–H and O–H groups in total. The molecule has 0 aliphatic heterocycles. The number of halogens is 2. The van der Waals surface area contributed by atoms with Gasteiger partial charge >= 0.3 is 6.03 Å². The number of carbonyl (C=O) groups excluding carboxylic acids is 2. The van der Waals surface area contributed by atoms with Crippen molar-refractivity contribution in [2.45, 2.75) is 6.61 Å². The predicted molar refractivity (Wildman–Crippen MR) is 108 cm³/mol. The highest BCUT2D eigenvalue weighted by Gasteiger charge is 2.15. The lowest BCUT2D eigenvalue weighted by atomic mass is 10.1. The van der Waals surface area contributed by atoms with Crippen LogP contribution in [0.2, 0.25) is 0 Å². The second-order valence-corrected chi connectivity index (χ2v) is 6.56. The van der Waals surface area contributed by atoms with Gasteiger partial charge in [-0.05, 0) is 52.4 Å². The van der Waals surface area contributed by atoms with Crippen molar-refractivity contribution in [3.63, 3.8) is 0 Å². The fraction of sp³-hybridized carbons (Fsp3) is 0.105. The largest absolute Gasteiger partial charge is 0.493 e. The van der Waals surface area contributed by atoms with Crippen LogP contribution in [0, 0.1) is 20.7 Å². The summed E-state index contributed by atoms with van der Waals surface area (Å²) in [6.07, 6.45) is 1.28. The summed E-state index contributed by atoms with van der Waals surface area (Å²) in [6.45, 7) is -0.00131. The second-order valence-electron chi connectivity index (χ2n) is 5.40. The van der Waals surface area contributed by atoms with E-state index in [1.807, 2.05) is 27.9 Å². The van der Waals surface area contributed by atoms with Crippen molar-refractivity contribution in [2.75, 3.05) is 7.11 Å². The van der Waals surface area contributed by atoms with Gasteiger partial charge in [0.15, 0.2) is 11.5 Å². The number of imide groups is 1. The number of ether oxygens (including phenoxy) is 2. The molecule has 0 aromatic heterocycles. The molecule has 0 aliphatic rings. The molecule has 0 radical (unpaired) electrons. The zero-order valence-corrected chi connectivity index (χ0v) is 16.8. The fourth-order valence-corrected chi connectivity index (χ4v) is 3.00. The first-order valence-electron chi connectivity index (χ1n) is 7.82. The van der Waals surface area contributed by atoms with Crippen LogP contribution in [-0.4, -0.2) is 19.0 Å². The molecular weight excluding hydrogens is 480 g/mol. The summed E-state index contributed by atoms with van der Waals surface area (Å²) >= 11 is 2.00. The Hall–Kier alpha value is -3.13. The van der Waals surface area contributed by atoms with Gasteiger partial charge in [-0.2, -0.15) is 5.26 Å². The van der Waals surface area contributed by atoms with Crippen molar-refractivity contribution in [1.29, 1.82) is 5.26 Å². The van der Waals surface area contributed by atoms with Crippen molar-refractivity contribution in [1.82, 2.24) is 5.32 Å². The first-order chi connectivity index (χ1) is 13.3. The topological polar surface area (TPSA) is 114 Å². The molecule has 0 heterocycles. The molecule has 0 unspecified atom stereocenters. The number of carbonyl (C=O) groups is 2. The molecular formula is C19H15FIN3O4. The fourth-order valence-electron chi connectivity index (χ4n) is 2.22. The number of nitrogens with zero attached hydrogens (tertiary/aromatic N) is 1. The summed E-state index contributed by atoms with van der Waals surface area (Å²) in [6, 6.07) is 10.1. The van der Waals surface area contributed by atoms with Crippen LogP contribution in [0.3, 0.4) is 0 Å². The lowest BCUT2D eigenvalue weighted by molar-refractivity contribution is -0.115. The van der Waals surface area contributed by atoms with Gasteiger partial charge in [-0.25, -0.2) is 9.18 Å². The number of rotatable bonds is 6. The minimum atomic E-state index is -1.06. The molecule has 2 aromatic rings. The smallest absolute Gasteiger partial charge is 0.319 e. The van der Waals surface area contributed by atoms with Gasteiger partial charge in [-0.15, -0.1) is 0 Å². The molecule has 0 saturated heterocycles. The molecule has 9 heteroatoms. The number of nitrogens with two attached hydrogens (primary N) is 1. The highest BCUT2D eigenvalue weighted by atomic mass is 127. The van der Waals surface area contributed by atoms with Gasteiger partial charge in [0, 0.05) is 5.56 Å². The number of primary amides is 1. The van der Waals surface area contributed by atoms with E-state index in [0.29, 0.717) is 26.2 Å². The van der Waals surface area contributed by atoms with Crippen LogP contribution in [0.1, 0.15) is 11.1 Å². The molecule has 0 atom stereocenters. The van der Waals surface area contributed by atoms with Crippen LogP contribution < -0.4 is 20.5 Å². The maximum atomic E-state index is 13.8. The Morgan fingerprint density at radius 1 is 1.36 bits per heavy atom. The Labute approximate surface area is 174 Å². The van der Waals surface area contributed by atoms with Gasteiger partial charge < -0.3 is 15.2 Å². The average Bonchev–Trinajstić information content (AvgIpc) is 2.65. The van der Waals surface area contributed by atoms with E-state index in [1.54, 1.807) is 36.4 Å². The summed E-state index contributed by atoms with van der Waals surface area (Å²) in [5, 5.41) is 11.0. The highest BCUT2D eigenvalue weighted by Crippen LogP contribution is 2.35. The van der Waals surface area contributed by atoms with E-state index in [9.17, 15) is 14.0 Å². The van der Waals surface area contributed by atoms with E-state index in [4.69, 9.17) is 20.5 Å². The zero-order valence-electron chi connectivity index (χ0n) is 14.7. The van der Waals surface area contributed by atoms with E-state index >= 15 is 0 Å². The second kappa shape index (κ2) is 9.70. The van der Waals surface area contributed by atoms with Gasteiger partial charge in [-0.3, -0.25) is 10.1 Å². The van der Waals surface area contributed by atoms with Crippen molar-refractivity contribution >= 4 is 40.6 Å². The quantitative estimate of drug-likeness (QED) is 0.363. The Morgan fingerprint density at radius 2 is 2.07 bits per heavy atom. The molecule has 3 amide bonds. The number of amides is 3. The van der Waals surface area contributed by atoms with E-state index < -0.39 is 11.9 Å². The summed E-state index contributed by atoms with van der Waals surface area (Å²) < 4.78 is 25.4. The van der Waals surface area contributed by atoms with Crippen LogP contribution in [0.4, 0.5) is 9.18 Å². The van der Waals surface area contributed by atoms with Crippen LogP contribution >= 0.6 is 22.6 Å². The minimum Gasteiger partial charge on any atom is -0.493 e. The molecule has 2 aromatic carbocycles. The molecule has 0 aliphatic carbocycles. The Kier molecular flexibility index (Phi) is 7.34. The number of nitrogens with one attached hydrogen (secondary N) is 1. The van der Waals surface area contributed by atoms with Gasteiger partial charge in [0.2, 0.25) is 0 Å². The average molecular weight is 495 g/mol. The Bertz CT molecular complexity index is 986. The molecule has 7 nitrogen and oxygen atoms in total. The lowest BCUT2D eigenvalue weighted by Gasteiger charge is -2.14.